The summed E-state index contributed by atoms with van der Waals surface area (Å²) in [5.74, 6) is 0.0265. The van der Waals surface area contributed by atoms with Gasteiger partial charge in [0.1, 0.15) is 6.54 Å². The Labute approximate surface area is 193 Å². The van der Waals surface area contributed by atoms with E-state index in [1.807, 2.05) is 4.90 Å². The lowest BCUT2D eigenvalue weighted by atomic mass is 10.2. The topological polar surface area (TPSA) is 87.9 Å². The number of likely N-dealkylation sites (tertiary alicyclic amines) is 1. The number of hydrogen-bond donors (Lipinski definition) is 0. The number of carbonyl (C=O) groups is 2. The van der Waals surface area contributed by atoms with Crippen LogP contribution in [0.3, 0.4) is 0 Å². The van der Waals surface area contributed by atoms with Crippen LogP contribution in [0.1, 0.15) is 32.6 Å². The van der Waals surface area contributed by atoms with Crippen LogP contribution in [0.25, 0.3) is 10.9 Å². The fourth-order valence-electron chi connectivity index (χ4n) is 4.80. The molecular weight excluding hydrogens is 422 g/mol. The Morgan fingerprint density at radius 2 is 1.36 bits per heavy atom. The Morgan fingerprint density at radius 3 is 2.03 bits per heavy atom. The summed E-state index contributed by atoms with van der Waals surface area (Å²) in [5.41, 5.74) is -0.312. The third-order valence-corrected chi connectivity index (χ3v) is 6.78. The van der Waals surface area contributed by atoms with E-state index in [0.717, 1.165) is 25.9 Å². The maximum atomic E-state index is 13.0. The van der Waals surface area contributed by atoms with Crippen molar-refractivity contribution in [2.75, 3.05) is 45.8 Å². The van der Waals surface area contributed by atoms with Crippen molar-refractivity contribution >= 4 is 22.7 Å². The van der Waals surface area contributed by atoms with Crippen LogP contribution in [-0.2, 0) is 22.7 Å². The minimum atomic E-state index is -0.462. The van der Waals surface area contributed by atoms with Crippen molar-refractivity contribution in [1.82, 2.24) is 23.8 Å². The SMILES string of the molecule is CCn1c(=O)c2ccccc2n(CC(=O)N2CCN(CC(=O)N3CCCCCC3)CC2)c1=O. The highest BCUT2D eigenvalue weighted by atomic mass is 16.2. The zero-order chi connectivity index (χ0) is 23.4. The monoisotopic (exact) mass is 455 g/mol. The van der Waals surface area contributed by atoms with Crippen LogP contribution in [0.5, 0.6) is 0 Å². The summed E-state index contributed by atoms with van der Waals surface area (Å²) in [5, 5.41) is 0.434. The predicted molar refractivity (Wildman–Crippen MR) is 126 cm³/mol. The second kappa shape index (κ2) is 10.3. The Bertz CT molecular complexity index is 1120. The maximum Gasteiger partial charge on any atom is 0.331 e. The van der Waals surface area contributed by atoms with E-state index in [1.54, 1.807) is 36.1 Å². The lowest BCUT2D eigenvalue weighted by Gasteiger charge is -2.35. The van der Waals surface area contributed by atoms with Crippen molar-refractivity contribution in [2.45, 2.75) is 45.7 Å². The van der Waals surface area contributed by atoms with Gasteiger partial charge in [-0.1, -0.05) is 25.0 Å². The molecule has 2 fully saturated rings. The van der Waals surface area contributed by atoms with Crippen LogP contribution in [-0.4, -0.2) is 81.5 Å². The van der Waals surface area contributed by atoms with Gasteiger partial charge < -0.3 is 9.80 Å². The molecule has 9 heteroatoms. The molecule has 0 saturated carbocycles. The van der Waals surface area contributed by atoms with Crippen molar-refractivity contribution < 1.29 is 9.59 Å². The number of amides is 2. The van der Waals surface area contributed by atoms with Gasteiger partial charge in [0.2, 0.25) is 11.8 Å². The fourth-order valence-corrected chi connectivity index (χ4v) is 4.80. The molecule has 9 nitrogen and oxygen atoms in total. The normalized spacial score (nSPS) is 17.8. The number of para-hydroxylation sites is 1. The lowest BCUT2D eigenvalue weighted by Crippen LogP contribution is -2.52. The molecule has 178 valence electrons. The maximum absolute atomic E-state index is 13.0. The van der Waals surface area contributed by atoms with Gasteiger partial charge in [0.25, 0.3) is 5.56 Å². The number of hydrogen-bond acceptors (Lipinski definition) is 5. The molecule has 2 aromatic rings. The van der Waals surface area contributed by atoms with Gasteiger partial charge in [-0.2, -0.15) is 0 Å². The van der Waals surface area contributed by atoms with Crippen LogP contribution in [0.2, 0.25) is 0 Å². The first-order valence-electron chi connectivity index (χ1n) is 12.0. The lowest BCUT2D eigenvalue weighted by molar-refractivity contribution is -0.135. The summed E-state index contributed by atoms with van der Waals surface area (Å²) >= 11 is 0. The van der Waals surface area contributed by atoms with E-state index in [4.69, 9.17) is 0 Å². The minimum Gasteiger partial charge on any atom is -0.342 e. The Hall–Kier alpha value is -2.94. The largest absolute Gasteiger partial charge is 0.342 e. The van der Waals surface area contributed by atoms with E-state index >= 15 is 0 Å². The molecule has 1 aromatic carbocycles. The van der Waals surface area contributed by atoms with E-state index < -0.39 is 5.69 Å². The standard InChI is InChI=1S/C24H33N5O4/c1-2-28-23(32)19-9-5-6-10-20(19)29(24(28)33)18-22(31)27-15-13-25(14-16-27)17-21(30)26-11-7-3-4-8-12-26/h5-6,9-10H,2-4,7-8,11-18H2,1H3. The molecule has 0 spiro atoms. The molecule has 2 saturated heterocycles. The molecule has 3 heterocycles. The first kappa shape index (κ1) is 23.2. The zero-order valence-corrected chi connectivity index (χ0v) is 19.4. The molecule has 2 amide bonds. The second-order valence-corrected chi connectivity index (χ2v) is 8.89. The zero-order valence-electron chi connectivity index (χ0n) is 19.4. The van der Waals surface area contributed by atoms with Crippen LogP contribution in [0.4, 0.5) is 0 Å². The van der Waals surface area contributed by atoms with Gasteiger partial charge >= 0.3 is 5.69 Å². The molecule has 0 bridgehead atoms. The van der Waals surface area contributed by atoms with E-state index in [2.05, 4.69) is 4.90 Å². The molecule has 2 aliphatic rings. The first-order valence-corrected chi connectivity index (χ1v) is 12.0. The molecule has 0 radical (unpaired) electrons. The van der Waals surface area contributed by atoms with E-state index in [-0.39, 0.29) is 30.5 Å². The number of carbonyl (C=O) groups excluding carboxylic acids is 2. The van der Waals surface area contributed by atoms with Gasteiger partial charge in [-0.3, -0.25) is 28.4 Å². The summed E-state index contributed by atoms with van der Waals surface area (Å²) in [6.45, 7) is 6.29. The van der Waals surface area contributed by atoms with Gasteiger partial charge in [-0.05, 0) is 31.9 Å². The number of nitrogens with zero attached hydrogens (tertiary/aromatic N) is 5. The highest BCUT2D eigenvalue weighted by molar-refractivity contribution is 5.82. The number of piperazine rings is 1. The molecular formula is C24H33N5O4. The van der Waals surface area contributed by atoms with Gasteiger partial charge in [-0.25, -0.2) is 4.79 Å². The molecule has 2 aliphatic heterocycles. The third-order valence-electron chi connectivity index (χ3n) is 6.78. The summed E-state index contributed by atoms with van der Waals surface area (Å²) < 4.78 is 2.57. The molecule has 0 N–H and O–H groups in total. The highest BCUT2D eigenvalue weighted by Gasteiger charge is 2.25. The quantitative estimate of drug-likeness (QED) is 0.663. The van der Waals surface area contributed by atoms with Crippen LogP contribution in [0.15, 0.2) is 33.9 Å². The summed E-state index contributed by atoms with van der Waals surface area (Å²) in [7, 11) is 0. The van der Waals surface area contributed by atoms with Crippen molar-refractivity contribution in [3.8, 4) is 0 Å². The van der Waals surface area contributed by atoms with E-state index in [1.165, 1.54) is 22.0 Å². The number of aromatic nitrogens is 2. The molecule has 0 unspecified atom stereocenters. The van der Waals surface area contributed by atoms with Gasteiger partial charge in [-0.15, -0.1) is 0 Å². The highest BCUT2D eigenvalue weighted by Crippen LogP contribution is 2.12. The molecule has 1 aromatic heterocycles. The van der Waals surface area contributed by atoms with Gasteiger partial charge in [0.05, 0.1) is 17.4 Å². The molecule has 4 rings (SSSR count). The Kier molecular flexibility index (Phi) is 7.27. The fraction of sp³-hybridized carbons (Fsp3) is 0.583. The Morgan fingerprint density at radius 1 is 0.758 bits per heavy atom. The molecule has 0 atom stereocenters. The first-order chi connectivity index (χ1) is 16.0. The summed E-state index contributed by atoms with van der Waals surface area (Å²) in [6.07, 6.45) is 4.54. The average Bonchev–Trinajstić information content (AvgIpc) is 3.12. The predicted octanol–water partition coefficient (Wildman–Crippen LogP) is 0.730. The minimum absolute atomic E-state index is 0.105. The van der Waals surface area contributed by atoms with Crippen molar-refractivity contribution in [3.05, 3.63) is 45.1 Å². The van der Waals surface area contributed by atoms with Crippen molar-refractivity contribution in [3.63, 3.8) is 0 Å². The van der Waals surface area contributed by atoms with Crippen LogP contribution in [0, 0.1) is 0 Å². The van der Waals surface area contributed by atoms with Gasteiger partial charge in [0.15, 0.2) is 0 Å². The van der Waals surface area contributed by atoms with Crippen LogP contribution < -0.4 is 11.2 Å². The smallest absolute Gasteiger partial charge is 0.331 e. The number of benzene rings is 1. The van der Waals surface area contributed by atoms with E-state index in [0.29, 0.717) is 43.6 Å². The van der Waals surface area contributed by atoms with E-state index in [9.17, 15) is 19.2 Å². The summed E-state index contributed by atoms with van der Waals surface area (Å²) in [4.78, 5) is 57.0. The van der Waals surface area contributed by atoms with Gasteiger partial charge in [0, 0.05) is 45.8 Å². The third kappa shape index (κ3) is 5.03. The van der Waals surface area contributed by atoms with Crippen molar-refractivity contribution in [1.29, 1.82) is 0 Å². The number of rotatable bonds is 5. The Balaban J connectivity index is 1.40. The van der Waals surface area contributed by atoms with Crippen LogP contribution >= 0.6 is 0 Å². The molecule has 0 aliphatic carbocycles. The van der Waals surface area contributed by atoms with Crippen molar-refractivity contribution in [2.24, 2.45) is 0 Å². The second-order valence-electron chi connectivity index (χ2n) is 8.89. The average molecular weight is 456 g/mol. The number of fused-ring (bicyclic) bond motifs is 1. The summed E-state index contributed by atoms with van der Waals surface area (Å²) in [6, 6.07) is 6.91. The molecule has 33 heavy (non-hydrogen) atoms.